The lowest BCUT2D eigenvalue weighted by atomic mass is 9.85. The molecule has 5 heteroatoms. The van der Waals surface area contributed by atoms with Gasteiger partial charge in [-0.05, 0) is 43.4 Å². The van der Waals surface area contributed by atoms with Crippen LogP contribution in [0.3, 0.4) is 0 Å². The van der Waals surface area contributed by atoms with Crippen LogP contribution in [0.25, 0.3) is 0 Å². The minimum atomic E-state index is -0.265. The van der Waals surface area contributed by atoms with Gasteiger partial charge in [0.1, 0.15) is 0 Å². The maximum Gasteiger partial charge on any atom is 0.319 e. The number of anilines is 1. The Morgan fingerprint density at radius 1 is 1.17 bits per heavy atom. The normalized spacial score (nSPS) is 24.0. The number of fused-ring (bicyclic) bond motifs is 1. The van der Waals surface area contributed by atoms with Crippen molar-refractivity contribution in [1.82, 2.24) is 5.32 Å². The van der Waals surface area contributed by atoms with Crippen LogP contribution in [0.1, 0.15) is 54.4 Å². The van der Waals surface area contributed by atoms with Crippen LogP contribution < -0.4 is 10.6 Å². The largest absolute Gasteiger partial charge is 0.396 e. The van der Waals surface area contributed by atoms with Gasteiger partial charge in [0.25, 0.3) is 0 Å². The first kappa shape index (κ1) is 16.0. The minimum Gasteiger partial charge on any atom is -0.396 e. The summed E-state index contributed by atoms with van der Waals surface area (Å²) in [5.74, 6) is 0.294. The Balaban J connectivity index is 1.63. The van der Waals surface area contributed by atoms with E-state index in [4.69, 9.17) is 0 Å². The topological polar surface area (TPSA) is 78.4 Å². The van der Waals surface area contributed by atoms with Gasteiger partial charge in [-0.1, -0.05) is 18.9 Å². The molecule has 0 saturated heterocycles. The lowest BCUT2D eigenvalue weighted by Crippen LogP contribution is -2.45. The number of hydrogen-bond acceptors (Lipinski definition) is 3. The highest BCUT2D eigenvalue weighted by atomic mass is 16.3. The van der Waals surface area contributed by atoms with Crippen LogP contribution in [0.4, 0.5) is 10.5 Å². The van der Waals surface area contributed by atoms with E-state index in [1.165, 1.54) is 0 Å². The van der Waals surface area contributed by atoms with Crippen molar-refractivity contribution in [3.63, 3.8) is 0 Å². The maximum absolute atomic E-state index is 12.2. The number of nitrogens with one attached hydrogen (secondary N) is 2. The fourth-order valence-corrected chi connectivity index (χ4v) is 3.66. The van der Waals surface area contributed by atoms with E-state index < -0.39 is 0 Å². The average molecular weight is 316 g/mol. The smallest absolute Gasteiger partial charge is 0.319 e. The molecule has 1 saturated carbocycles. The number of Topliss-reactive ketones (excluding diaryl/α,β-unsaturated/α-hetero) is 1. The van der Waals surface area contributed by atoms with Gasteiger partial charge in [0.05, 0.1) is 0 Å². The molecule has 0 aromatic heterocycles. The molecule has 0 bridgehead atoms. The fourth-order valence-electron chi connectivity index (χ4n) is 3.66. The van der Waals surface area contributed by atoms with Gasteiger partial charge in [-0.15, -0.1) is 0 Å². The number of amides is 2. The quantitative estimate of drug-likeness (QED) is 0.802. The number of urea groups is 1. The summed E-state index contributed by atoms with van der Waals surface area (Å²) in [5, 5.41) is 15.2. The first-order chi connectivity index (χ1) is 11.2. The summed E-state index contributed by atoms with van der Waals surface area (Å²) in [4.78, 5) is 24.2. The summed E-state index contributed by atoms with van der Waals surface area (Å²) in [5.41, 5.74) is 2.45. The summed E-state index contributed by atoms with van der Waals surface area (Å²) in [6, 6.07) is 5.31. The van der Waals surface area contributed by atoms with Crippen LogP contribution in [-0.4, -0.2) is 29.6 Å². The van der Waals surface area contributed by atoms with Crippen LogP contribution in [0.2, 0.25) is 0 Å². The van der Waals surface area contributed by atoms with Crippen molar-refractivity contribution in [3.05, 3.63) is 29.3 Å². The Morgan fingerprint density at radius 2 is 2.00 bits per heavy atom. The lowest BCUT2D eigenvalue weighted by molar-refractivity contribution is 0.0972. The number of carbonyl (C=O) groups is 2. The van der Waals surface area contributed by atoms with Gasteiger partial charge in [0.15, 0.2) is 5.78 Å². The van der Waals surface area contributed by atoms with Gasteiger partial charge in [0.2, 0.25) is 0 Å². The predicted octanol–water partition coefficient (Wildman–Crippen LogP) is 2.88. The summed E-state index contributed by atoms with van der Waals surface area (Å²) in [6.07, 6.45) is 6.46. The molecule has 2 unspecified atom stereocenters. The third-order valence-corrected chi connectivity index (χ3v) is 4.98. The summed E-state index contributed by atoms with van der Waals surface area (Å²) < 4.78 is 0. The van der Waals surface area contributed by atoms with Gasteiger partial charge >= 0.3 is 6.03 Å². The second kappa shape index (κ2) is 7.13. The molecule has 2 amide bonds. The Hall–Kier alpha value is -1.88. The van der Waals surface area contributed by atoms with E-state index in [1.807, 2.05) is 12.1 Å². The molecule has 0 aliphatic heterocycles. The van der Waals surface area contributed by atoms with Crippen molar-refractivity contribution in [2.45, 2.75) is 51.0 Å². The number of carbonyl (C=O) groups excluding carboxylic acids is 2. The molecular formula is C18H24N2O3. The standard InChI is InChI=1S/C18H24N2O3/c21-11-13-4-1-2-6-16(13)20-18(23)19-14-9-8-12-5-3-7-17(22)15(12)10-14/h8-10,13,16,21H,1-7,11H2,(H2,19,20,23). The maximum atomic E-state index is 12.2. The molecule has 2 atom stereocenters. The summed E-state index contributed by atoms with van der Waals surface area (Å²) in [7, 11) is 0. The highest BCUT2D eigenvalue weighted by Gasteiger charge is 2.26. The van der Waals surface area contributed by atoms with E-state index in [2.05, 4.69) is 10.6 Å². The zero-order chi connectivity index (χ0) is 16.2. The van der Waals surface area contributed by atoms with E-state index >= 15 is 0 Å². The van der Waals surface area contributed by atoms with Gasteiger partial charge < -0.3 is 15.7 Å². The van der Waals surface area contributed by atoms with E-state index in [9.17, 15) is 14.7 Å². The third kappa shape index (κ3) is 3.72. The number of aliphatic hydroxyl groups is 1. The molecule has 124 valence electrons. The first-order valence-corrected chi connectivity index (χ1v) is 8.52. The van der Waals surface area contributed by atoms with Crippen LogP contribution in [0.5, 0.6) is 0 Å². The van der Waals surface area contributed by atoms with Gasteiger partial charge in [-0.2, -0.15) is 0 Å². The van der Waals surface area contributed by atoms with Crippen LogP contribution in [-0.2, 0) is 6.42 Å². The first-order valence-electron chi connectivity index (χ1n) is 8.52. The third-order valence-electron chi connectivity index (χ3n) is 4.98. The van der Waals surface area contributed by atoms with Crippen LogP contribution >= 0.6 is 0 Å². The molecule has 3 N–H and O–H groups in total. The second-order valence-electron chi connectivity index (χ2n) is 6.58. The molecule has 0 radical (unpaired) electrons. The molecule has 2 aliphatic rings. The number of ketones is 1. The number of benzene rings is 1. The Kier molecular flexibility index (Phi) is 4.96. The van der Waals surface area contributed by atoms with Crippen LogP contribution in [0, 0.1) is 5.92 Å². The monoisotopic (exact) mass is 316 g/mol. The van der Waals surface area contributed by atoms with Crippen molar-refractivity contribution in [3.8, 4) is 0 Å². The molecule has 1 aromatic rings. The second-order valence-corrected chi connectivity index (χ2v) is 6.58. The highest BCUT2D eigenvalue weighted by Crippen LogP contribution is 2.25. The van der Waals surface area contributed by atoms with Crippen molar-refractivity contribution in [2.75, 3.05) is 11.9 Å². The molecule has 0 heterocycles. The number of hydrogen-bond donors (Lipinski definition) is 3. The molecule has 3 rings (SSSR count). The number of aryl methyl sites for hydroxylation is 1. The predicted molar refractivity (Wildman–Crippen MR) is 88.7 cm³/mol. The molecular weight excluding hydrogens is 292 g/mol. The molecule has 2 aliphatic carbocycles. The number of aliphatic hydroxyl groups excluding tert-OH is 1. The summed E-state index contributed by atoms with van der Waals surface area (Å²) >= 11 is 0. The Labute approximate surface area is 136 Å². The van der Waals surface area contributed by atoms with Crippen molar-refractivity contribution in [2.24, 2.45) is 5.92 Å². The van der Waals surface area contributed by atoms with Crippen molar-refractivity contribution >= 4 is 17.5 Å². The lowest BCUT2D eigenvalue weighted by Gasteiger charge is -2.30. The van der Waals surface area contributed by atoms with E-state index in [0.717, 1.165) is 49.7 Å². The van der Waals surface area contributed by atoms with Gasteiger partial charge in [-0.3, -0.25) is 4.79 Å². The number of rotatable bonds is 3. The Bertz CT molecular complexity index is 600. The van der Waals surface area contributed by atoms with Crippen molar-refractivity contribution < 1.29 is 14.7 Å². The highest BCUT2D eigenvalue weighted by molar-refractivity contribution is 6.00. The fraction of sp³-hybridized carbons (Fsp3) is 0.556. The zero-order valence-corrected chi connectivity index (χ0v) is 13.3. The van der Waals surface area contributed by atoms with E-state index in [1.54, 1.807) is 6.07 Å². The van der Waals surface area contributed by atoms with E-state index in [-0.39, 0.29) is 30.4 Å². The Morgan fingerprint density at radius 3 is 2.83 bits per heavy atom. The average Bonchev–Trinajstić information content (AvgIpc) is 2.56. The summed E-state index contributed by atoms with van der Waals surface area (Å²) in [6.45, 7) is 0.109. The van der Waals surface area contributed by atoms with Gasteiger partial charge in [-0.25, -0.2) is 4.79 Å². The zero-order valence-electron chi connectivity index (χ0n) is 13.3. The van der Waals surface area contributed by atoms with E-state index in [0.29, 0.717) is 12.1 Å². The minimum absolute atomic E-state index is 0.0213. The molecule has 1 aromatic carbocycles. The SMILES string of the molecule is O=C(Nc1ccc2c(c1)C(=O)CCC2)NC1CCCCC1CO. The van der Waals surface area contributed by atoms with Gasteiger partial charge in [0, 0.05) is 36.2 Å². The molecule has 23 heavy (non-hydrogen) atoms. The molecule has 1 fully saturated rings. The van der Waals surface area contributed by atoms with Crippen molar-refractivity contribution in [1.29, 1.82) is 0 Å². The molecule has 5 nitrogen and oxygen atoms in total. The molecule has 0 spiro atoms. The van der Waals surface area contributed by atoms with Crippen LogP contribution in [0.15, 0.2) is 18.2 Å².